The van der Waals surface area contributed by atoms with Crippen LogP contribution in [0.4, 0.5) is 0 Å². The normalized spacial score (nSPS) is 22.2. The molecule has 19 heavy (non-hydrogen) atoms. The van der Waals surface area contributed by atoms with E-state index in [2.05, 4.69) is 4.98 Å². The van der Waals surface area contributed by atoms with Crippen LogP contribution in [0.2, 0.25) is 0 Å². The number of rotatable bonds is 3. The molecule has 0 bridgehead atoms. The minimum Gasteiger partial charge on any atom is -0.347 e. The Morgan fingerprint density at radius 3 is 2.95 bits per heavy atom. The van der Waals surface area contributed by atoms with Crippen LogP contribution < -0.4 is 11.2 Å². The third kappa shape index (κ3) is 3.77. The molecule has 0 aliphatic carbocycles. The highest BCUT2D eigenvalue weighted by molar-refractivity contribution is 14.1. The maximum absolute atomic E-state index is 11.5. The summed E-state index contributed by atoms with van der Waals surface area (Å²) in [6.45, 7) is 4.60. The monoisotopic (exact) mass is 378 g/mol. The SMILES string of the molecule is CC1(C)OCC(/C=C/Cn2cc(I)c(=O)[nH]c2=O)O1. The number of ether oxygens (including phenoxy) is 2. The molecule has 0 radical (unpaired) electrons. The molecule has 104 valence electrons. The number of nitrogens with one attached hydrogen (secondary N) is 1. The minimum atomic E-state index is -0.556. The zero-order valence-electron chi connectivity index (χ0n) is 10.7. The Labute approximate surface area is 123 Å². The lowest BCUT2D eigenvalue weighted by molar-refractivity contribution is -0.133. The van der Waals surface area contributed by atoms with Crippen molar-refractivity contribution in [2.75, 3.05) is 6.61 Å². The van der Waals surface area contributed by atoms with Crippen LogP contribution in [0.1, 0.15) is 13.8 Å². The van der Waals surface area contributed by atoms with Crippen molar-refractivity contribution in [3.05, 3.63) is 42.8 Å². The predicted octanol–water partition coefficient (Wildman–Crippen LogP) is 0.849. The van der Waals surface area contributed by atoms with Crippen molar-refractivity contribution in [3.8, 4) is 0 Å². The standard InChI is InChI=1S/C12H15IN2O4/c1-12(2)18-7-8(19-12)4-3-5-15-6-9(13)10(16)14-11(15)17/h3-4,6,8H,5,7H2,1-2H3,(H,14,16,17)/b4-3+. The van der Waals surface area contributed by atoms with Crippen LogP contribution in [-0.4, -0.2) is 28.0 Å². The molecule has 2 rings (SSSR count). The number of hydrogen-bond acceptors (Lipinski definition) is 4. The molecule has 6 nitrogen and oxygen atoms in total. The van der Waals surface area contributed by atoms with E-state index in [1.165, 1.54) is 10.8 Å². The fourth-order valence-corrected chi connectivity index (χ4v) is 2.23. The number of hydrogen-bond donors (Lipinski definition) is 1. The van der Waals surface area contributed by atoms with Gasteiger partial charge >= 0.3 is 5.69 Å². The van der Waals surface area contributed by atoms with Gasteiger partial charge in [0.2, 0.25) is 0 Å². The Kier molecular flexibility index (Phi) is 4.26. The summed E-state index contributed by atoms with van der Waals surface area (Å²) in [5.74, 6) is -0.556. The second kappa shape index (κ2) is 5.59. The first kappa shape index (κ1) is 14.5. The van der Waals surface area contributed by atoms with Crippen molar-refractivity contribution >= 4 is 22.6 Å². The third-order valence-electron chi connectivity index (χ3n) is 2.65. The molecule has 0 spiro atoms. The van der Waals surface area contributed by atoms with E-state index in [1.807, 2.05) is 48.6 Å². The molecule has 0 saturated carbocycles. The van der Waals surface area contributed by atoms with Crippen LogP contribution in [0.15, 0.2) is 27.9 Å². The molecule has 0 aromatic carbocycles. The van der Waals surface area contributed by atoms with Gasteiger partial charge in [-0.05, 0) is 36.4 Å². The van der Waals surface area contributed by atoms with Gasteiger partial charge in [-0.2, -0.15) is 0 Å². The van der Waals surface area contributed by atoms with Gasteiger partial charge in [-0.15, -0.1) is 0 Å². The molecule has 1 aliphatic heterocycles. The summed E-state index contributed by atoms with van der Waals surface area (Å²) in [7, 11) is 0. The summed E-state index contributed by atoms with van der Waals surface area (Å²) in [6, 6.07) is 0. The van der Waals surface area contributed by atoms with Gasteiger partial charge in [-0.1, -0.05) is 12.2 Å². The summed E-state index contributed by atoms with van der Waals surface area (Å²) >= 11 is 1.89. The first-order valence-corrected chi connectivity index (χ1v) is 6.93. The quantitative estimate of drug-likeness (QED) is 0.625. The van der Waals surface area contributed by atoms with Crippen molar-refractivity contribution < 1.29 is 9.47 Å². The van der Waals surface area contributed by atoms with Crippen LogP contribution in [-0.2, 0) is 16.0 Å². The largest absolute Gasteiger partial charge is 0.347 e. The third-order valence-corrected chi connectivity index (χ3v) is 3.42. The number of H-pyrrole nitrogens is 1. The molecule has 1 aromatic rings. The van der Waals surface area contributed by atoms with E-state index in [0.29, 0.717) is 16.7 Å². The Balaban J connectivity index is 2.02. The number of aromatic nitrogens is 2. The smallest absolute Gasteiger partial charge is 0.328 e. The van der Waals surface area contributed by atoms with Crippen LogP contribution in [0.25, 0.3) is 0 Å². The molecule has 1 unspecified atom stereocenters. The van der Waals surface area contributed by atoms with E-state index < -0.39 is 11.5 Å². The van der Waals surface area contributed by atoms with Crippen LogP contribution in [0, 0.1) is 3.57 Å². The van der Waals surface area contributed by atoms with Crippen molar-refractivity contribution in [3.63, 3.8) is 0 Å². The highest BCUT2D eigenvalue weighted by Crippen LogP contribution is 2.22. The summed E-state index contributed by atoms with van der Waals surface area (Å²) in [5, 5.41) is 0. The van der Waals surface area contributed by atoms with Crippen LogP contribution >= 0.6 is 22.6 Å². The number of aromatic amines is 1. The van der Waals surface area contributed by atoms with E-state index in [-0.39, 0.29) is 11.7 Å². The van der Waals surface area contributed by atoms with Crippen LogP contribution in [0.5, 0.6) is 0 Å². The second-order valence-corrected chi connectivity index (χ2v) is 5.85. The summed E-state index contributed by atoms with van der Waals surface area (Å²) in [4.78, 5) is 25.0. The lowest BCUT2D eigenvalue weighted by atomic mass is 10.3. The number of nitrogens with zero attached hydrogens (tertiary/aromatic N) is 1. The van der Waals surface area contributed by atoms with Gasteiger partial charge in [0.15, 0.2) is 5.79 Å². The maximum atomic E-state index is 11.5. The lowest BCUT2D eigenvalue weighted by Crippen LogP contribution is -2.30. The Morgan fingerprint density at radius 1 is 1.58 bits per heavy atom. The highest BCUT2D eigenvalue weighted by atomic mass is 127. The maximum Gasteiger partial charge on any atom is 0.328 e. The van der Waals surface area contributed by atoms with Gasteiger partial charge < -0.3 is 9.47 Å². The average molecular weight is 378 g/mol. The van der Waals surface area contributed by atoms with E-state index in [9.17, 15) is 9.59 Å². The van der Waals surface area contributed by atoms with E-state index in [0.717, 1.165) is 0 Å². The first-order chi connectivity index (χ1) is 8.87. The second-order valence-electron chi connectivity index (χ2n) is 4.68. The molecule has 1 aromatic heterocycles. The van der Waals surface area contributed by atoms with Gasteiger partial charge in [-0.3, -0.25) is 14.3 Å². The topological polar surface area (TPSA) is 73.3 Å². The molecule has 1 fully saturated rings. The van der Waals surface area contributed by atoms with Gasteiger partial charge in [-0.25, -0.2) is 4.79 Å². The van der Waals surface area contributed by atoms with Crippen molar-refractivity contribution in [1.29, 1.82) is 0 Å². The predicted molar refractivity (Wildman–Crippen MR) is 78.1 cm³/mol. The van der Waals surface area contributed by atoms with Gasteiger partial charge in [0.1, 0.15) is 6.10 Å². The van der Waals surface area contributed by atoms with Gasteiger partial charge in [0.05, 0.1) is 10.2 Å². The van der Waals surface area contributed by atoms with E-state index >= 15 is 0 Å². The zero-order valence-corrected chi connectivity index (χ0v) is 12.8. The molecule has 7 heteroatoms. The van der Waals surface area contributed by atoms with Crippen molar-refractivity contribution in [2.24, 2.45) is 0 Å². The summed E-state index contributed by atoms with van der Waals surface area (Å²) < 4.78 is 12.9. The van der Waals surface area contributed by atoms with Crippen LogP contribution in [0.3, 0.4) is 0 Å². The average Bonchev–Trinajstić information content (AvgIpc) is 2.65. The Hall–Kier alpha value is -0.930. The molecule has 1 saturated heterocycles. The zero-order chi connectivity index (χ0) is 14.0. The lowest BCUT2D eigenvalue weighted by Gasteiger charge is -2.15. The van der Waals surface area contributed by atoms with Gasteiger partial charge in [0.25, 0.3) is 5.56 Å². The van der Waals surface area contributed by atoms with Crippen molar-refractivity contribution in [2.45, 2.75) is 32.3 Å². The summed E-state index contributed by atoms with van der Waals surface area (Å²) in [6.07, 6.45) is 5.11. The molecule has 0 amide bonds. The highest BCUT2D eigenvalue weighted by Gasteiger charge is 2.30. The van der Waals surface area contributed by atoms with Crippen molar-refractivity contribution in [1.82, 2.24) is 9.55 Å². The molecule has 1 aliphatic rings. The Bertz CT molecular complexity index is 602. The molecule has 1 N–H and O–H groups in total. The van der Waals surface area contributed by atoms with E-state index in [1.54, 1.807) is 0 Å². The van der Waals surface area contributed by atoms with E-state index in [4.69, 9.17) is 9.47 Å². The molecular formula is C12H15IN2O4. The first-order valence-electron chi connectivity index (χ1n) is 5.85. The molecular weight excluding hydrogens is 363 g/mol. The fourth-order valence-electron chi connectivity index (χ4n) is 1.75. The fraction of sp³-hybridized carbons (Fsp3) is 0.500. The summed E-state index contributed by atoms with van der Waals surface area (Å²) in [5.41, 5.74) is -0.779. The van der Waals surface area contributed by atoms with Gasteiger partial charge in [0, 0.05) is 12.7 Å². The number of allylic oxidation sites excluding steroid dienone is 1. The number of halogens is 1. The molecule has 1 atom stereocenters. The minimum absolute atomic E-state index is 0.104. The Morgan fingerprint density at radius 2 is 2.32 bits per heavy atom. The molecule has 2 heterocycles.